The van der Waals surface area contributed by atoms with E-state index in [1.807, 2.05) is 0 Å². The lowest BCUT2D eigenvalue weighted by atomic mass is 9.82. The van der Waals surface area contributed by atoms with Crippen molar-refractivity contribution in [2.75, 3.05) is 0 Å². The maximum atomic E-state index is 13.2. The molecule has 1 atom stereocenters. The number of hydrogen-bond acceptors (Lipinski definition) is 2. The number of carboxylic acids is 1. The van der Waals surface area contributed by atoms with E-state index >= 15 is 0 Å². The molecule has 1 saturated carbocycles. The van der Waals surface area contributed by atoms with Gasteiger partial charge in [0.25, 0.3) is 0 Å². The third-order valence-corrected chi connectivity index (χ3v) is 4.04. The Labute approximate surface area is 124 Å². The summed E-state index contributed by atoms with van der Waals surface area (Å²) in [5, 5.41) is 12.1. The summed E-state index contributed by atoms with van der Waals surface area (Å²) in [5.74, 6) is -2.10. The van der Waals surface area contributed by atoms with Crippen molar-refractivity contribution >= 4 is 27.8 Å². The first-order valence-electron chi connectivity index (χ1n) is 6.31. The number of aliphatic carboxylic acids is 1. The molecule has 1 aliphatic rings. The monoisotopic (exact) mass is 343 g/mol. The molecule has 2 rings (SSSR count). The summed E-state index contributed by atoms with van der Waals surface area (Å²) < 4.78 is 13.4. The van der Waals surface area contributed by atoms with Crippen LogP contribution in [0.3, 0.4) is 0 Å². The van der Waals surface area contributed by atoms with Gasteiger partial charge in [-0.3, -0.25) is 9.59 Å². The van der Waals surface area contributed by atoms with Crippen molar-refractivity contribution < 1.29 is 19.1 Å². The molecule has 1 aromatic carbocycles. The smallest absolute Gasteiger partial charge is 0.319 e. The molecular formula is C14H15BrFNO3. The Balaban J connectivity index is 2.20. The van der Waals surface area contributed by atoms with E-state index in [1.165, 1.54) is 25.1 Å². The molecule has 2 N–H and O–H groups in total. The first-order chi connectivity index (χ1) is 9.33. The van der Waals surface area contributed by atoms with Crippen LogP contribution in [0.5, 0.6) is 0 Å². The van der Waals surface area contributed by atoms with Gasteiger partial charge in [0, 0.05) is 6.04 Å². The van der Waals surface area contributed by atoms with E-state index in [0.29, 0.717) is 5.56 Å². The predicted octanol–water partition coefficient (Wildman–Crippen LogP) is 2.50. The van der Waals surface area contributed by atoms with Gasteiger partial charge in [0.15, 0.2) is 0 Å². The zero-order chi connectivity index (χ0) is 14.9. The predicted molar refractivity (Wildman–Crippen MR) is 74.7 cm³/mol. The second-order valence-corrected chi connectivity index (χ2v) is 6.16. The highest BCUT2D eigenvalue weighted by molar-refractivity contribution is 9.10. The van der Waals surface area contributed by atoms with Crippen LogP contribution < -0.4 is 5.32 Å². The molecule has 0 bridgehead atoms. The number of halogens is 2. The van der Waals surface area contributed by atoms with Crippen molar-refractivity contribution in [3.63, 3.8) is 0 Å². The fourth-order valence-electron chi connectivity index (χ4n) is 1.88. The Morgan fingerprint density at radius 1 is 1.50 bits per heavy atom. The lowest BCUT2D eigenvalue weighted by Gasteiger charge is -2.24. The second kappa shape index (κ2) is 5.52. The van der Waals surface area contributed by atoms with E-state index in [-0.39, 0.29) is 16.9 Å². The number of carbonyl (C=O) groups excluding carboxylic acids is 1. The highest BCUT2D eigenvalue weighted by Gasteiger charge is 2.43. The number of hydrogen-bond donors (Lipinski definition) is 2. The summed E-state index contributed by atoms with van der Waals surface area (Å²) in [6, 6.07) is 4.34. The van der Waals surface area contributed by atoms with Crippen molar-refractivity contribution in [3.8, 4) is 0 Å². The standard InChI is InChI=1S/C14H15BrFNO3/c1-14(13(19)20,12(18)17-9-3-4-9)7-8-2-5-11(16)10(15)6-8/h2,5-6,9H,3-4,7H2,1H3,(H,17,18)(H,19,20). The van der Waals surface area contributed by atoms with Gasteiger partial charge in [-0.2, -0.15) is 0 Å². The zero-order valence-electron chi connectivity index (χ0n) is 11.0. The van der Waals surface area contributed by atoms with Crippen molar-refractivity contribution in [2.24, 2.45) is 5.41 Å². The van der Waals surface area contributed by atoms with E-state index in [1.54, 1.807) is 0 Å². The molecule has 108 valence electrons. The van der Waals surface area contributed by atoms with Crippen LogP contribution in [-0.2, 0) is 16.0 Å². The molecule has 0 spiro atoms. The summed E-state index contributed by atoms with van der Waals surface area (Å²) in [6.45, 7) is 1.39. The summed E-state index contributed by atoms with van der Waals surface area (Å²) in [6.07, 6.45) is 1.80. The van der Waals surface area contributed by atoms with Crippen molar-refractivity contribution in [1.29, 1.82) is 0 Å². The van der Waals surface area contributed by atoms with Crippen LogP contribution in [0.25, 0.3) is 0 Å². The Bertz CT molecular complexity index is 559. The van der Waals surface area contributed by atoms with Crippen LogP contribution in [0, 0.1) is 11.2 Å². The highest BCUT2D eigenvalue weighted by atomic mass is 79.9. The summed E-state index contributed by atoms with van der Waals surface area (Å²) in [4.78, 5) is 23.6. The molecule has 20 heavy (non-hydrogen) atoms. The minimum Gasteiger partial charge on any atom is -0.480 e. The molecule has 0 radical (unpaired) electrons. The molecule has 1 fully saturated rings. The van der Waals surface area contributed by atoms with Crippen LogP contribution in [0.15, 0.2) is 22.7 Å². The van der Waals surface area contributed by atoms with Gasteiger partial charge < -0.3 is 10.4 Å². The van der Waals surface area contributed by atoms with Crippen molar-refractivity contribution in [1.82, 2.24) is 5.32 Å². The average Bonchev–Trinajstić information content (AvgIpc) is 3.17. The van der Waals surface area contributed by atoms with E-state index in [4.69, 9.17) is 0 Å². The van der Waals surface area contributed by atoms with Gasteiger partial charge in [-0.1, -0.05) is 6.07 Å². The van der Waals surface area contributed by atoms with Gasteiger partial charge >= 0.3 is 5.97 Å². The van der Waals surface area contributed by atoms with Gasteiger partial charge in [-0.05, 0) is 59.8 Å². The van der Waals surface area contributed by atoms with Gasteiger partial charge in [-0.25, -0.2) is 4.39 Å². The quantitative estimate of drug-likeness (QED) is 0.807. The normalized spacial score (nSPS) is 17.4. The maximum Gasteiger partial charge on any atom is 0.319 e. The number of rotatable bonds is 5. The van der Waals surface area contributed by atoms with Gasteiger partial charge in [0.2, 0.25) is 5.91 Å². The fraction of sp³-hybridized carbons (Fsp3) is 0.429. The molecule has 0 saturated heterocycles. The highest BCUT2D eigenvalue weighted by Crippen LogP contribution is 2.28. The van der Waals surface area contributed by atoms with Crippen LogP contribution in [0.2, 0.25) is 0 Å². The minimum atomic E-state index is -1.56. The van der Waals surface area contributed by atoms with Crippen molar-refractivity contribution in [3.05, 3.63) is 34.1 Å². The van der Waals surface area contributed by atoms with E-state index in [2.05, 4.69) is 21.2 Å². The third kappa shape index (κ3) is 3.17. The topological polar surface area (TPSA) is 66.4 Å². The van der Waals surface area contributed by atoms with Crippen LogP contribution in [-0.4, -0.2) is 23.0 Å². The molecule has 1 aliphatic carbocycles. The summed E-state index contributed by atoms with van der Waals surface area (Å²) in [7, 11) is 0. The molecule has 1 amide bonds. The Morgan fingerprint density at radius 3 is 2.65 bits per heavy atom. The van der Waals surface area contributed by atoms with Gasteiger partial charge in [-0.15, -0.1) is 0 Å². The van der Waals surface area contributed by atoms with Crippen molar-refractivity contribution in [2.45, 2.75) is 32.2 Å². The van der Waals surface area contributed by atoms with E-state index < -0.39 is 23.1 Å². The molecule has 1 unspecified atom stereocenters. The largest absolute Gasteiger partial charge is 0.480 e. The Morgan fingerprint density at radius 2 is 2.15 bits per heavy atom. The van der Waals surface area contributed by atoms with Crippen LogP contribution in [0.4, 0.5) is 4.39 Å². The summed E-state index contributed by atoms with van der Waals surface area (Å²) >= 11 is 3.05. The van der Waals surface area contributed by atoms with E-state index in [0.717, 1.165) is 12.8 Å². The SMILES string of the molecule is CC(Cc1ccc(F)c(Br)c1)(C(=O)O)C(=O)NC1CC1. The number of carbonyl (C=O) groups is 2. The molecule has 4 nitrogen and oxygen atoms in total. The first kappa shape index (κ1) is 15.0. The third-order valence-electron chi connectivity index (χ3n) is 3.43. The molecule has 0 heterocycles. The molecule has 0 aromatic heterocycles. The lowest BCUT2D eigenvalue weighted by molar-refractivity contribution is -0.154. The molecule has 6 heteroatoms. The number of amides is 1. The fourth-order valence-corrected chi connectivity index (χ4v) is 2.31. The zero-order valence-corrected chi connectivity index (χ0v) is 12.5. The lowest BCUT2D eigenvalue weighted by Crippen LogP contribution is -2.46. The van der Waals surface area contributed by atoms with Crippen LogP contribution >= 0.6 is 15.9 Å². The second-order valence-electron chi connectivity index (χ2n) is 5.31. The Hall–Kier alpha value is -1.43. The number of nitrogens with one attached hydrogen (secondary N) is 1. The minimum absolute atomic E-state index is 0.0137. The molecule has 1 aromatic rings. The maximum absolute atomic E-state index is 13.2. The molecular weight excluding hydrogens is 329 g/mol. The van der Waals surface area contributed by atoms with Crippen LogP contribution in [0.1, 0.15) is 25.3 Å². The van der Waals surface area contributed by atoms with Gasteiger partial charge in [0.1, 0.15) is 11.2 Å². The summed E-state index contributed by atoms with van der Waals surface area (Å²) in [5.41, 5.74) is -0.964. The number of benzene rings is 1. The molecule has 0 aliphatic heterocycles. The Kier molecular flexibility index (Phi) is 4.13. The van der Waals surface area contributed by atoms with E-state index in [9.17, 15) is 19.1 Å². The first-order valence-corrected chi connectivity index (χ1v) is 7.10. The number of carboxylic acid groups (broad SMARTS) is 1. The average molecular weight is 344 g/mol. The van der Waals surface area contributed by atoms with Gasteiger partial charge in [0.05, 0.1) is 4.47 Å².